The van der Waals surface area contributed by atoms with E-state index in [0.29, 0.717) is 12.3 Å². The molecule has 0 bridgehead atoms. The van der Waals surface area contributed by atoms with Crippen molar-refractivity contribution in [3.8, 4) is 0 Å². The van der Waals surface area contributed by atoms with Gasteiger partial charge in [0.2, 0.25) is 5.91 Å². The lowest BCUT2D eigenvalue weighted by Gasteiger charge is -2.30. The maximum Gasteiger partial charge on any atom is 0.220 e. The van der Waals surface area contributed by atoms with Crippen LogP contribution in [0.25, 0.3) is 0 Å². The average Bonchev–Trinajstić information content (AvgIpc) is 2.60. The van der Waals surface area contributed by atoms with Crippen LogP contribution >= 0.6 is 0 Å². The summed E-state index contributed by atoms with van der Waals surface area (Å²) in [6, 6.07) is 0. The molecular formula is C13H24N2O2. The number of carbonyl (C=O) groups excluding carboxylic acids is 1. The summed E-state index contributed by atoms with van der Waals surface area (Å²) in [5.41, 5.74) is -0.163. The summed E-state index contributed by atoms with van der Waals surface area (Å²) in [6.07, 6.45) is 3.96. The Hall–Kier alpha value is -0.610. The predicted molar refractivity (Wildman–Crippen MR) is 66.8 cm³/mol. The number of hydrogen-bond donors (Lipinski definition) is 2. The van der Waals surface area contributed by atoms with Gasteiger partial charge in [-0.1, -0.05) is 0 Å². The molecule has 4 heteroatoms. The fourth-order valence-corrected chi connectivity index (χ4v) is 2.72. The first kappa shape index (κ1) is 12.8. The van der Waals surface area contributed by atoms with Crippen molar-refractivity contribution in [1.82, 2.24) is 10.6 Å². The average molecular weight is 240 g/mol. The summed E-state index contributed by atoms with van der Waals surface area (Å²) < 4.78 is 5.53. The van der Waals surface area contributed by atoms with E-state index in [2.05, 4.69) is 17.6 Å². The molecule has 2 unspecified atom stereocenters. The Morgan fingerprint density at radius 3 is 2.76 bits per heavy atom. The molecule has 2 fully saturated rings. The molecule has 2 saturated heterocycles. The van der Waals surface area contributed by atoms with E-state index >= 15 is 0 Å². The van der Waals surface area contributed by atoms with Crippen molar-refractivity contribution >= 4 is 5.91 Å². The van der Waals surface area contributed by atoms with Crippen molar-refractivity contribution in [2.24, 2.45) is 5.92 Å². The SMILES string of the molecule is CC1OCCC1(C)NC(=O)CC1CCNCC1. The molecule has 2 atom stereocenters. The van der Waals surface area contributed by atoms with Crippen LogP contribution in [-0.2, 0) is 9.53 Å². The van der Waals surface area contributed by atoms with Crippen LogP contribution in [-0.4, -0.2) is 37.2 Å². The van der Waals surface area contributed by atoms with Crippen molar-refractivity contribution in [3.05, 3.63) is 0 Å². The highest BCUT2D eigenvalue weighted by Crippen LogP contribution is 2.26. The number of carbonyl (C=O) groups is 1. The molecule has 0 aromatic rings. The molecule has 17 heavy (non-hydrogen) atoms. The van der Waals surface area contributed by atoms with Crippen molar-refractivity contribution in [2.75, 3.05) is 19.7 Å². The lowest BCUT2D eigenvalue weighted by Crippen LogP contribution is -2.51. The van der Waals surface area contributed by atoms with Gasteiger partial charge < -0.3 is 15.4 Å². The predicted octanol–water partition coefficient (Wildman–Crippen LogP) is 1.06. The van der Waals surface area contributed by atoms with E-state index < -0.39 is 0 Å². The van der Waals surface area contributed by atoms with Crippen LogP contribution in [0.15, 0.2) is 0 Å². The fourth-order valence-electron chi connectivity index (χ4n) is 2.72. The van der Waals surface area contributed by atoms with Crippen molar-refractivity contribution in [1.29, 1.82) is 0 Å². The second-order valence-electron chi connectivity index (χ2n) is 5.63. The van der Waals surface area contributed by atoms with Crippen molar-refractivity contribution in [2.45, 2.75) is 51.2 Å². The van der Waals surface area contributed by atoms with E-state index in [9.17, 15) is 4.79 Å². The Kier molecular flexibility index (Phi) is 4.05. The van der Waals surface area contributed by atoms with Gasteiger partial charge in [-0.05, 0) is 52.1 Å². The highest BCUT2D eigenvalue weighted by atomic mass is 16.5. The fraction of sp³-hybridized carbons (Fsp3) is 0.923. The van der Waals surface area contributed by atoms with Crippen molar-refractivity contribution < 1.29 is 9.53 Å². The van der Waals surface area contributed by atoms with E-state index in [0.717, 1.165) is 39.0 Å². The summed E-state index contributed by atoms with van der Waals surface area (Å²) in [5, 5.41) is 6.49. The standard InChI is InChI=1S/C13H24N2O2/c1-10-13(2,5-8-17-10)15-12(16)9-11-3-6-14-7-4-11/h10-11,14H,3-9H2,1-2H3,(H,15,16). The van der Waals surface area contributed by atoms with Crippen LogP contribution < -0.4 is 10.6 Å². The largest absolute Gasteiger partial charge is 0.376 e. The van der Waals surface area contributed by atoms with Gasteiger partial charge in [-0.25, -0.2) is 0 Å². The summed E-state index contributed by atoms with van der Waals surface area (Å²) in [7, 11) is 0. The first-order valence-corrected chi connectivity index (χ1v) is 6.73. The van der Waals surface area contributed by atoms with Gasteiger partial charge in [-0.3, -0.25) is 4.79 Å². The molecule has 0 saturated carbocycles. The molecule has 0 aliphatic carbocycles. The molecule has 2 N–H and O–H groups in total. The molecule has 4 nitrogen and oxygen atoms in total. The lowest BCUT2D eigenvalue weighted by molar-refractivity contribution is -0.124. The molecule has 98 valence electrons. The topological polar surface area (TPSA) is 50.4 Å². The normalized spacial score (nSPS) is 34.8. The Labute approximate surface area is 103 Å². The Morgan fingerprint density at radius 2 is 2.18 bits per heavy atom. The van der Waals surface area contributed by atoms with Crippen LogP contribution in [0.2, 0.25) is 0 Å². The van der Waals surface area contributed by atoms with E-state index in [1.165, 1.54) is 0 Å². The zero-order valence-electron chi connectivity index (χ0n) is 10.9. The molecule has 2 aliphatic rings. The highest BCUT2D eigenvalue weighted by Gasteiger charge is 2.38. The summed E-state index contributed by atoms with van der Waals surface area (Å²) in [4.78, 5) is 12.0. The maximum absolute atomic E-state index is 12.0. The van der Waals surface area contributed by atoms with E-state index in [-0.39, 0.29) is 17.6 Å². The maximum atomic E-state index is 12.0. The third-order valence-corrected chi connectivity index (χ3v) is 4.24. The van der Waals surface area contributed by atoms with Gasteiger partial charge in [0.1, 0.15) is 0 Å². The molecular weight excluding hydrogens is 216 g/mol. The van der Waals surface area contributed by atoms with Gasteiger partial charge in [-0.2, -0.15) is 0 Å². The molecule has 0 aromatic heterocycles. The van der Waals surface area contributed by atoms with Gasteiger partial charge in [0.05, 0.1) is 11.6 Å². The number of rotatable bonds is 3. The van der Waals surface area contributed by atoms with E-state index in [1.807, 2.05) is 6.92 Å². The Balaban J connectivity index is 1.80. The number of ether oxygens (including phenoxy) is 1. The van der Waals surface area contributed by atoms with Crippen LogP contribution in [0.3, 0.4) is 0 Å². The van der Waals surface area contributed by atoms with Gasteiger partial charge in [0, 0.05) is 13.0 Å². The van der Waals surface area contributed by atoms with Crippen LogP contribution in [0.1, 0.15) is 39.5 Å². The van der Waals surface area contributed by atoms with Gasteiger partial charge in [0.15, 0.2) is 0 Å². The Morgan fingerprint density at radius 1 is 1.47 bits per heavy atom. The first-order chi connectivity index (χ1) is 8.10. The van der Waals surface area contributed by atoms with Gasteiger partial charge in [-0.15, -0.1) is 0 Å². The molecule has 2 rings (SSSR count). The van der Waals surface area contributed by atoms with E-state index in [1.54, 1.807) is 0 Å². The van der Waals surface area contributed by atoms with Gasteiger partial charge >= 0.3 is 0 Å². The molecule has 0 spiro atoms. The molecule has 2 heterocycles. The zero-order chi connectivity index (χ0) is 12.3. The number of piperidine rings is 1. The monoisotopic (exact) mass is 240 g/mol. The smallest absolute Gasteiger partial charge is 0.220 e. The Bertz CT molecular complexity index is 277. The third-order valence-electron chi connectivity index (χ3n) is 4.24. The summed E-state index contributed by atoms with van der Waals surface area (Å²) in [6.45, 7) is 6.98. The lowest BCUT2D eigenvalue weighted by atomic mass is 9.91. The molecule has 0 radical (unpaired) electrons. The number of nitrogens with one attached hydrogen (secondary N) is 2. The number of amides is 1. The quantitative estimate of drug-likeness (QED) is 0.775. The third kappa shape index (κ3) is 3.19. The summed E-state index contributed by atoms with van der Waals surface area (Å²) in [5.74, 6) is 0.745. The second kappa shape index (κ2) is 5.36. The van der Waals surface area contributed by atoms with Crippen LogP contribution in [0, 0.1) is 5.92 Å². The van der Waals surface area contributed by atoms with Crippen LogP contribution in [0.5, 0.6) is 0 Å². The number of hydrogen-bond acceptors (Lipinski definition) is 3. The first-order valence-electron chi connectivity index (χ1n) is 6.73. The molecule has 0 aromatic carbocycles. The van der Waals surface area contributed by atoms with Gasteiger partial charge in [0.25, 0.3) is 0 Å². The van der Waals surface area contributed by atoms with Crippen LogP contribution in [0.4, 0.5) is 0 Å². The minimum Gasteiger partial charge on any atom is -0.376 e. The summed E-state index contributed by atoms with van der Waals surface area (Å²) >= 11 is 0. The molecule has 1 amide bonds. The molecule has 2 aliphatic heterocycles. The van der Waals surface area contributed by atoms with Crippen molar-refractivity contribution in [3.63, 3.8) is 0 Å². The minimum atomic E-state index is -0.163. The second-order valence-corrected chi connectivity index (χ2v) is 5.63. The highest BCUT2D eigenvalue weighted by molar-refractivity contribution is 5.77. The minimum absolute atomic E-state index is 0.125. The van der Waals surface area contributed by atoms with E-state index in [4.69, 9.17) is 4.74 Å². The zero-order valence-corrected chi connectivity index (χ0v) is 10.9.